The third kappa shape index (κ3) is 4.81. The maximum Gasteiger partial charge on any atom is 0.0109 e. The lowest BCUT2D eigenvalue weighted by Crippen LogP contribution is -2.44. The summed E-state index contributed by atoms with van der Waals surface area (Å²) in [6, 6.07) is 0.773. The van der Waals surface area contributed by atoms with Gasteiger partial charge in [-0.15, -0.1) is 0 Å². The molecule has 16 heavy (non-hydrogen) atoms. The summed E-state index contributed by atoms with van der Waals surface area (Å²) in [5.74, 6) is 0. The third-order valence-corrected chi connectivity index (χ3v) is 3.71. The second-order valence-electron chi connectivity index (χ2n) is 4.70. The zero-order valence-corrected chi connectivity index (χ0v) is 11.3. The van der Waals surface area contributed by atoms with Crippen LogP contribution in [-0.4, -0.2) is 61.7 Å². The highest BCUT2D eigenvalue weighted by molar-refractivity contribution is 4.77. The van der Waals surface area contributed by atoms with E-state index in [0.717, 1.165) is 12.6 Å². The van der Waals surface area contributed by atoms with E-state index in [1.807, 2.05) is 0 Å². The second kappa shape index (κ2) is 8.04. The Kier molecular flexibility index (Phi) is 7.01. The van der Waals surface area contributed by atoms with Gasteiger partial charge in [-0.05, 0) is 45.6 Å². The highest BCUT2D eigenvalue weighted by Crippen LogP contribution is 2.09. The van der Waals surface area contributed by atoms with Crippen molar-refractivity contribution in [2.75, 3.05) is 45.8 Å². The summed E-state index contributed by atoms with van der Waals surface area (Å²) < 4.78 is 0. The fourth-order valence-corrected chi connectivity index (χ4v) is 2.47. The summed E-state index contributed by atoms with van der Waals surface area (Å²) in [5, 5.41) is 3.56. The van der Waals surface area contributed by atoms with E-state index in [1.165, 1.54) is 52.1 Å². The molecule has 0 saturated carbocycles. The van der Waals surface area contributed by atoms with Crippen LogP contribution in [0.4, 0.5) is 0 Å². The Balaban J connectivity index is 2.12. The maximum atomic E-state index is 3.56. The van der Waals surface area contributed by atoms with Gasteiger partial charge in [0.1, 0.15) is 0 Å². The van der Waals surface area contributed by atoms with E-state index in [-0.39, 0.29) is 0 Å². The molecule has 0 amide bonds. The standard InChI is InChI=1S/C13H29N3/c1-4-14-13-7-9-16(10-8-13)12-11-15(5-2)6-3/h13-14H,4-12H2,1-3H3. The smallest absolute Gasteiger partial charge is 0.0109 e. The molecule has 1 saturated heterocycles. The van der Waals surface area contributed by atoms with Crippen molar-refractivity contribution in [1.82, 2.24) is 15.1 Å². The van der Waals surface area contributed by atoms with Crippen LogP contribution in [0.1, 0.15) is 33.6 Å². The van der Waals surface area contributed by atoms with Gasteiger partial charge in [-0.3, -0.25) is 0 Å². The Morgan fingerprint density at radius 1 is 1.12 bits per heavy atom. The number of nitrogens with one attached hydrogen (secondary N) is 1. The van der Waals surface area contributed by atoms with Gasteiger partial charge in [-0.1, -0.05) is 20.8 Å². The number of hydrogen-bond donors (Lipinski definition) is 1. The van der Waals surface area contributed by atoms with E-state index in [4.69, 9.17) is 0 Å². The van der Waals surface area contributed by atoms with E-state index in [9.17, 15) is 0 Å². The van der Waals surface area contributed by atoms with Crippen LogP contribution >= 0.6 is 0 Å². The number of nitrogens with zero attached hydrogens (tertiary/aromatic N) is 2. The van der Waals surface area contributed by atoms with Crippen LogP contribution in [0.3, 0.4) is 0 Å². The van der Waals surface area contributed by atoms with Gasteiger partial charge in [0.05, 0.1) is 0 Å². The van der Waals surface area contributed by atoms with Gasteiger partial charge in [-0.25, -0.2) is 0 Å². The monoisotopic (exact) mass is 227 g/mol. The predicted molar refractivity (Wildman–Crippen MR) is 70.9 cm³/mol. The quantitative estimate of drug-likeness (QED) is 0.709. The second-order valence-corrected chi connectivity index (χ2v) is 4.70. The first-order valence-corrected chi connectivity index (χ1v) is 6.98. The lowest BCUT2D eigenvalue weighted by Gasteiger charge is -2.33. The van der Waals surface area contributed by atoms with E-state index < -0.39 is 0 Å². The minimum absolute atomic E-state index is 0.773. The van der Waals surface area contributed by atoms with Gasteiger partial charge in [-0.2, -0.15) is 0 Å². The predicted octanol–water partition coefficient (Wildman–Crippen LogP) is 1.40. The molecule has 0 aromatic carbocycles. The zero-order valence-electron chi connectivity index (χ0n) is 11.3. The number of likely N-dealkylation sites (tertiary alicyclic amines) is 1. The van der Waals surface area contributed by atoms with Crippen LogP contribution in [0.5, 0.6) is 0 Å². The first-order chi connectivity index (χ1) is 7.80. The third-order valence-electron chi connectivity index (χ3n) is 3.71. The average Bonchev–Trinajstić information content (AvgIpc) is 2.33. The number of hydrogen-bond acceptors (Lipinski definition) is 3. The maximum absolute atomic E-state index is 3.56. The molecule has 1 aliphatic heterocycles. The molecule has 0 bridgehead atoms. The van der Waals surface area contributed by atoms with Crippen LogP contribution < -0.4 is 5.32 Å². The van der Waals surface area contributed by atoms with Crippen LogP contribution in [-0.2, 0) is 0 Å². The molecule has 3 nitrogen and oxygen atoms in total. The van der Waals surface area contributed by atoms with Crippen molar-refractivity contribution >= 4 is 0 Å². The van der Waals surface area contributed by atoms with Crippen molar-refractivity contribution in [2.24, 2.45) is 0 Å². The minimum atomic E-state index is 0.773. The summed E-state index contributed by atoms with van der Waals surface area (Å²) in [4.78, 5) is 5.13. The molecular formula is C13H29N3. The summed E-state index contributed by atoms with van der Waals surface area (Å²) in [5.41, 5.74) is 0. The molecule has 0 aromatic heterocycles. The fourth-order valence-electron chi connectivity index (χ4n) is 2.47. The van der Waals surface area contributed by atoms with E-state index >= 15 is 0 Å². The largest absolute Gasteiger partial charge is 0.314 e. The Bertz CT molecular complexity index is 161. The molecular weight excluding hydrogens is 198 g/mol. The highest BCUT2D eigenvalue weighted by atomic mass is 15.2. The van der Waals surface area contributed by atoms with Gasteiger partial charge < -0.3 is 15.1 Å². The van der Waals surface area contributed by atoms with Crippen molar-refractivity contribution < 1.29 is 0 Å². The Hall–Kier alpha value is -0.120. The summed E-state index contributed by atoms with van der Waals surface area (Å²) in [7, 11) is 0. The molecule has 3 heteroatoms. The topological polar surface area (TPSA) is 18.5 Å². The van der Waals surface area contributed by atoms with Gasteiger partial charge in [0.2, 0.25) is 0 Å². The molecule has 0 aromatic rings. The summed E-state index contributed by atoms with van der Waals surface area (Å²) in [6.07, 6.45) is 2.65. The van der Waals surface area contributed by atoms with Crippen molar-refractivity contribution in [2.45, 2.75) is 39.7 Å². The summed E-state index contributed by atoms with van der Waals surface area (Å²) >= 11 is 0. The van der Waals surface area contributed by atoms with Gasteiger partial charge in [0.15, 0.2) is 0 Å². The van der Waals surface area contributed by atoms with Gasteiger partial charge >= 0.3 is 0 Å². The van der Waals surface area contributed by atoms with E-state index in [1.54, 1.807) is 0 Å². The molecule has 0 radical (unpaired) electrons. The summed E-state index contributed by atoms with van der Waals surface area (Å²) in [6.45, 7) is 15.2. The average molecular weight is 227 g/mol. The van der Waals surface area contributed by atoms with Crippen molar-refractivity contribution in [3.8, 4) is 0 Å². The normalized spacial score (nSPS) is 19.5. The molecule has 1 aliphatic rings. The Morgan fingerprint density at radius 2 is 1.75 bits per heavy atom. The molecule has 1 fully saturated rings. The van der Waals surface area contributed by atoms with E-state index in [2.05, 4.69) is 35.9 Å². The van der Waals surface area contributed by atoms with Crippen LogP contribution in [0.15, 0.2) is 0 Å². The molecule has 1 heterocycles. The molecule has 96 valence electrons. The minimum Gasteiger partial charge on any atom is -0.314 e. The molecule has 1 rings (SSSR count). The molecule has 0 unspecified atom stereocenters. The molecule has 0 atom stereocenters. The van der Waals surface area contributed by atoms with Crippen LogP contribution in [0.25, 0.3) is 0 Å². The number of likely N-dealkylation sites (N-methyl/N-ethyl adjacent to an activating group) is 1. The van der Waals surface area contributed by atoms with Crippen LogP contribution in [0.2, 0.25) is 0 Å². The van der Waals surface area contributed by atoms with Crippen molar-refractivity contribution in [3.63, 3.8) is 0 Å². The highest BCUT2D eigenvalue weighted by Gasteiger charge is 2.17. The molecule has 0 spiro atoms. The SMILES string of the molecule is CCNC1CCN(CCN(CC)CC)CC1. The lowest BCUT2D eigenvalue weighted by atomic mass is 10.1. The van der Waals surface area contributed by atoms with Crippen LogP contribution in [0, 0.1) is 0 Å². The Labute approximate surface area is 101 Å². The zero-order chi connectivity index (χ0) is 11.8. The lowest BCUT2D eigenvalue weighted by molar-refractivity contribution is 0.170. The Morgan fingerprint density at radius 3 is 2.25 bits per heavy atom. The number of piperidine rings is 1. The van der Waals surface area contributed by atoms with Gasteiger partial charge in [0, 0.05) is 19.1 Å². The fraction of sp³-hybridized carbons (Fsp3) is 1.00. The number of rotatable bonds is 7. The first-order valence-electron chi connectivity index (χ1n) is 6.98. The van der Waals surface area contributed by atoms with Crippen molar-refractivity contribution in [1.29, 1.82) is 0 Å². The molecule has 1 N–H and O–H groups in total. The van der Waals surface area contributed by atoms with Gasteiger partial charge in [0.25, 0.3) is 0 Å². The first kappa shape index (κ1) is 13.9. The van der Waals surface area contributed by atoms with Crippen molar-refractivity contribution in [3.05, 3.63) is 0 Å². The van der Waals surface area contributed by atoms with E-state index in [0.29, 0.717) is 0 Å². The molecule has 0 aliphatic carbocycles.